The van der Waals surface area contributed by atoms with E-state index in [0.717, 1.165) is 18.2 Å². The summed E-state index contributed by atoms with van der Waals surface area (Å²) in [6.45, 7) is -0.155. The number of hydrogen-bond donors (Lipinski definition) is 1. The first kappa shape index (κ1) is 20.1. The van der Waals surface area contributed by atoms with Crippen LogP contribution in [0.15, 0.2) is 52.6 Å². The fraction of sp³-hybridized carbons (Fsp3) is 0.176. The highest BCUT2D eigenvalue weighted by molar-refractivity contribution is 7.89. The zero-order chi connectivity index (χ0) is 20.1. The number of nitrogens with zero attached hydrogens (tertiary/aromatic N) is 3. The second-order valence-electron chi connectivity index (χ2n) is 5.70. The van der Waals surface area contributed by atoms with Crippen molar-refractivity contribution < 1.29 is 22.0 Å². The second-order valence-corrected chi connectivity index (χ2v) is 7.87. The quantitative estimate of drug-likeness (QED) is 0.552. The van der Waals surface area contributed by atoms with Gasteiger partial charge in [0.25, 0.3) is 0 Å². The van der Waals surface area contributed by atoms with Crippen molar-refractivity contribution in [2.24, 2.45) is 0 Å². The largest absolute Gasteiger partial charge is 0.451 e. The average molecular weight is 425 g/mol. The second kappa shape index (κ2) is 8.55. The molecule has 0 atom stereocenters. The predicted molar refractivity (Wildman–Crippen MR) is 96.6 cm³/mol. The Morgan fingerprint density at radius 2 is 2.00 bits per heavy atom. The molecule has 146 valence electrons. The van der Waals surface area contributed by atoms with E-state index in [9.17, 15) is 17.6 Å². The Morgan fingerprint density at radius 1 is 1.18 bits per heavy atom. The van der Waals surface area contributed by atoms with Crippen molar-refractivity contribution in [2.45, 2.75) is 24.3 Å². The van der Waals surface area contributed by atoms with E-state index in [0.29, 0.717) is 17.8 Å². The smallest absolute Gasteiger partial charge is 0.240 e. The first-order valence-corrected chi connectivity index (χ1v) is 9.87. The summed E-state index contributed by atoms with van der Waals surface area (Å²) in [6, 6.07) is 3.09. The first-order chi connectivity index (χ1) is 13.3. The number of nitrogens with one attached hydrogen (secondary N) is 1. The fourth-order valence-corrected chi connectivity index (χ4v) is 3.49. The van der Waals surface area contributed by atoms with Crippen LogP contribution in [0.2, 0.25) is 5.02 Å². The van der Waals surface area contributed by atoms with Crippen LogP contribution in [0.4, 0.5) is 4.39 Å². The van der Waals surface area contributed by atoms with Crippen LogP contribution in [-0.4, -0.2) is 29.2 Å². The standard InChI is InChI=1S/C17H14ClFN4O4S/c18-14-5-13(2-3-15(14)19)28(25,26)23-7-12-6-21-16(8-20-12)17(24)4-1-11-9-27-10-22-11/h2-3,5-6,8-10,23H,1,4,7H2. The van der Waals surface area contributed by atoms with Gasteiger partial charge in [0.15, 0.2) is 12.2 Å². The summed E-state index contributed by atoms with van der Waals surface area (Å²) in [5, 5.41) is -0.295. The average Bonchev–Trinajstić information content (AvgIpc) is 3.20. The third-order valence-corrected chi connectivity index (χ3v) is 5.42. The highest BCUT2D eigenvalue weighted by Gasteiger charge is 2.16. The SMILES string of the molecule is O=C(CCc1cocn1)c1cnc(CNS(=O)(=O)c2ccc(F)c(Cl)c2)cn1. The van der Waals surface area contributed by atoms with Crippen LogP contribution >= 0.6 is 11.6 Å². The van der Waals surface area contributed by atoms with Gasteiger partial charge in [-0.2, -0.15) is 0 Å². The van der Waals surface area contributed by atoms with Gasteiger partial charge in [-0.1, -0.05) is 11.6 Å². The topological polar surface area (TPSA) is 115 Å². The lowest BCUT2D eigenvalue weighted by atomic mass is 10.1. The van der Waals surface area contributed by atoms with Gasteiger partial charge in [-0.25, -0.2) is 27.5 Å². The van der Waals surface area contributed by atoms with Crippen LogP contribution < -0.4 is 4.72 Å². The molecule has 3 aromatic rings. The van der Waals surface area contributed by atoms with Gasteiger partial charge in [0.2, 0.25) is 10.0 Å². The van der Waals surface area contributed by atoms with Crippen molar-refractivity contribution in [3.05, 3.63) is 71.2 Å². The van der Waals surface area contributed by atoms with Gasteiger partial charge in [-0.15, -0.1) is 0 Å². The molecule has 1 N–H and O–H groups in total. The molecule has 0 aliphatic carbocycles. The van der Waals surface area contributed by atoms with Crippen molar-refractivity contribution in [1.29, 1.82) is 0 Å². The third kappa shape index (κ3) is 4.97. The van der Waals surface area contributed by atoms with Gasteiger partial charge in [-0.05, 0) is 18.2 Å². The summed E-state index contributed by atoms with van der Waals surface area (Å²) < 4.78 is 44.8. The van der Waals surface area contributed by atoms with E-state index in [4.69, 9.17) is 16.0 Å². The lowest BCUT2D eigenvalue weighted by molar-refractivity contribution is 0.0977. The highest BCUT2D eigenvalue weighted by atomic mass is 35.5. The number of carbonyl (C=O) groups excluding carboxylic acids is 1. The molecule has 0 saturated carbocycles. The molecule has 2 aromatic heterocycles. The van der Waals surface area contributed by atoms with E-state index >= 15 is 0 Å². The van der Waals surface area contributed by atoms with Gasteiger partial charge >= 0.3 is 0 Å². The number of aryl methyl sites for hydroxylation is 1. The number of hydrogen-bond acceptors (Lipinski definition) is 7. The number of oxazole rings is 1. The first-order valence-electron chi connectivity index (χ1n) is 8.01. The molecule has 2 heterocycles. The minimum atomic E-state index is -3.91. The van der Waals surface area contributed by atoms with Crippen LogP contribution in [-0.2, 0) is 23.0 Å². The maximum Gasteiger partial charge on any atom is 0.240 e. The molecule has 0 radical (unpaired) electrons. The Labute approximate surface area is 164 Å². The Bertz CT molecular complexity index is 1070. The van der Waals surface area contributed by atoms with Crippen molar-refractivity contribution in [1.82, 2.24) is 19.7 Å². The molecule has 0 amide bonds. The summed E-state index contributed by atoms with van der Waals surface area (Å²) in [7, 11) is -3.91. The van der Waals surface area contributed by atoms with Gasteiger partial charge in [0.1, 0.15) is 17.8 Å². The van der Waals surface area contributed by atoms with Crippen LogP contribution in [0.1, 0.15) is 28.3 Å². The molecule has 0 spiro atoms. The number of benzene rings is 1. The van der Waals surface area contributed by atoms with Crippen LogP contribution in [0.3, 0.4) is 0 Å². The minimum absolute atomic E-state index is 0.155. The number of carbonyl (C=O) groups is 1. The van der Waals surface area contributed by atoms with E-state index in [1.165, 1.54) is 25.1 Å². The zero-order valence-electron chi connectivity index (χ0n) is 14.3. The molecule has 1 aromatic carbocycles. The fourth-order valence-electron chi connectivity index (χ4n) is 2.22. The van der Waals surface area contributed by atoms with E-state index in [1.807, 2.05) is 0 Å². The molecule has 11 heteroatoms. The lowest BCUT2D eigenvalue weighted by Crippen LogP contribution is -2.24. The number of aromatic nitrogens is 3. The Balaban J connectivity index is 1.59. The Kier molecular flexibility index (Phi) is 6.12. The molecule has 28 heavy (non-hydrogen) atoms. The molecule has 0 bridgehead atoms. The molecule has 0 unspecified atom stereocenters. The van der Waals surface area contributed by atoms with Gasteiger partial charge in [0, 0.05) is 12.8 Å². The Hall–Kier alpha value is -2.69. The van der Waals surface area contributed by atoms with Crippen molar-refractivity contribution >= 4 is 27.4 Å². The molecular weight excluding hydrogens is 411 g/mol. The molecule has 3 rings (SSSR count). The number of halogens is 2. The van der Waals surface area contributed by atoms with Gasteiger partial charge in [-0.3, -0.25) is 9.78 Å². The van der Waals surface area contributed by atoms with E-state index in [1.54, 1.807) is 0 Å². The number of rotatable bonds is 8. The van der Waals surface area contributed by atoms with Crippen LogP contribution in [0, 0.1) is 5.82 Å². The summed E-state index contributed by atoms with van der Waals surface area (Å²) in [4.78, 5) is 23.9. The normalized spacial score (nSPS) is 11.5. The summed E-state index contributed by atoms with van der Waals surface area (Å²) >= 11 is 5.61. The molecule has 8 nitrogen and oxygen atoms in total. The van der Waals surface area contributed by atoms with E-state index in [-0.39, 0.29) is 34.4 Å². The summed E-state index contributed by atoms with van der Waals surface area (Å²) in [5.41, 5.74) is 1.14. The minimum Gasteiger partial charge on any atom is -0.451 e. The van der Waals surface area contributed by atoms with Crippen molar-refractivity contribution in [3.63, 3.8) is 0 Å². The zero-order valence-corrected chi connectivity index (χ0v) is 15.9. The maximum atomic E-state index is 13.2. The lowest BCUT2D eigenvalue weighted by Gasteiger charge is -2.07. The summed E-state index contributed by atoms with van der Waals surface area (Å²) in [5.74, 6) is -0.932. The molecule has 0 aliphatic rings. The maximum absolute atomic E-state index is 13.2. The number of ketones is 1. The monoisotopic (exact) mass is 424 g/mol. The summed E-state index contributed by atoms with van der Waals surface area (Å²) in [6.07, 6.45) is 5.95. The number of sulfonamides is 1. The van der Waals surface area contributed by atoms with Crippen LogP contribution in [0.25, 0.3) is 0 Å². The van der Waals surface area contributed by atoms with E-state index < -0.39 is 15.8 Å². The molecule has 0 fully saturated rings. The molecular formula is C17H14ClFN4O4S. The van der Waals surface area contributed by atoms with Crippen LogP contribution in [0.5, 0.6) is 0 Å². The predicted octanol–water partition coefficient (Wildman–Crippen LogP) is 2.55. The van der Waals surface area contributed by atoms with Crippen molar-refractivity contribution in [3.8, 4) is 0 Å². The number of Topliss-reactive ketones (excluding diaryl/α,β-unsaturated/α-hetero) is 1. The molecule has 0 saturated heterocycles. The van der Waals surface area contributed by atoms with Gasteiger partial charge in [0.05, 0.1) is 40.2 Å². The molecule has 0 aliphatic heterocycles. The third-order valence-electron chi connectivity index (χ3n) is 3.73. The van der Waals surface area contributed by atoms with E-state index in [2.05, 4.69) is 19.7 Å². The van der Waals surface area contributed by atoms with Crippen molar-refractivity contribution in [2.75, 3.05) is 0 Å². The Morgan fingerprint density at radius 3 is 2.64 bits per heavy atom. The highest BCUT2D eigenvalue weighted by Crippen LogP contribution is 2.19. The van der Waals surface area contributed by atoms with Gasteiger partial charge < -0.3 is 4.42 Å².